The largest absolute Gasteiger partial charge is 0.366 e. The van der Waals surface area contributed by atoms with E-state index in [2.05, 4.69) is 52.4 Å². The number of aromatic nitrogens is 1. The zero-order chi connectivity index (χ0) is 18.3. The highest BCUT2D eigenvalue weighted by molar-refractivity contribution is 7.23. The van der Waals surface area contributed by atoms with Crippen molar-refractivity contribution >= 4 is 44.5 Å². The lowest BCUT2D eigenvalue weighted by Crippen LogP contribution is -2.50. The molecule has 5 nitrogen and oxygen atoms in total. The maximum atomic E-state index is 11.9. The second kappa shape index (κ2) is 6.98. The highest BCUT2D eigenvalue weighted by Gasteiger charge is 2.26. The molecule has 26 heavy (non-hydrogen) atoms. The quantitative estimate of drug-likeness (QED) is 0.631. The van der Waals surface area contributed by atoms with Crippen molar-refractivity contribution < 1.29 is 4.79 Å². The topological polar surface area (TPSA) is 80.0 Å². The van der Waals surface area contributed by atoms with Crippen molar-refractivity contribution in [2.24, 2.45) is 5.73 Å². The maximum Gasteiger partial charge on any atom is 0.251 e. The Labute approximate surface area is 160 Å². The first kappa shape index (κ1) is 17.5. The third kappa shape index (κ3) is 3.22. The minimum Gasteiger partial charge on any atom is -0.366 e. The van der Waals surface area contributed by atoms with E-state index in [1.54, 1.807) is 28.9 Å². The molecule has 1 amide bonds. The molecule has 0 bridgehead atoms. The number of carbonyl (C=O) groups excluding carboxylic acids is 1. The van der Waals surface area contributed by atoms with E-state index in [0.717, 1.165) is 33.6 Å². The van der Waals surface area contributed by atoms with Gasteiger partial charge in [0.2, 0.25) is 0 Å². The molecule has 1 aliphatic rings. The van der Waals surface area contributed by atoms with Gasteiger partial charge in [0, 0.05) is 40.1 Å². The van der Waals surface area contributed by atoms with Crippen LogP contribution in [-0.2, 0) is 0 Å². The third-order valence-corrected chi connectivity index (χ3v) is 6.91. The van der Waals surface area contributed by atoms with Gasteiger partial charge in [-0.3, -0.25) is 4.79 Å². The molecule has 4 N–H and O–H groups in total. The second-order valence-corrected chi connectivity index (χ2v) is 8.77. The van der Waals surface area contributed by atoms with Gasteiger partial charge in [0.25, 0.3) is 5.91 Å². The Morgan fingerprint density at radius 2 is 2.23 bits per heavy atom. The van der Waals surface area contributed by atoms with Gasteiger partial charge in [0.05, 0.1) is 10.3 Å². The molecule has 0 radical (unpaired) electrons. The number of thiophene rings is 2. The third-order valence-electron chi connectivity index (χ3n) is 5.01. The Morgan fingerprint density at radius 1 is 1.38 bits per heavy atom. The fraction of sp³-hybridized carbons (Fsp3) is 0.368. The Morgan fingerprint density at radius 3 is 2.92 bits per heavy atom. The van der Waals surface area contributed by atoms with E-state index in [0.29, 0.717) is 23.7 Å². The van der Waals surface area contributed by atoms with Crippen LogP contribution in [0.5, 0.6) is 0 Å². The van der Waals surface area contributed by atoms with Crippen LogP contribution in [-0.4, -0.2) is 29.0 Å². The molecule has 3 aromatic heterocycles. The number of rotatable bonds is 4. The molecule has 136 valence electrons. The van der Waals surface area contributed by atoms with E-state index >= 15 is 0 Å². The van der Waals surface area contributed by atoms with Crippen LogP contribution < -0.4 is 16.4 Å². The molecule has 4 heterocycles. The summed E-state index contributed by atoms with van der Waals surface area (Å²) in [7, 11) is 0. The number of hydrogen-bond acceptors (Lipinski definition) is 6. The summed E-state index contributed by atoms with van der Waals surface area (Å²) in [6.45, 7) is 4.42. The lowest BCUT2D eigenvalue weighted by atomic mass is 9.95. The molecule has 3 atom stereocenters. The molecule has 1 aliphatic heterocycles. The summed E-state index contributed by atoms with van der Waals surface area (Å²) in [5, 5.41) is 12.3. The van der Waals surface area contributed by atoms with E-state index in [1.165, 1.54) is 5.56 Å². The number of nitrogens with two attached hydrogens (primary N) is 1. The molecule has 1 fully saturated rings. The van der Waals surface area contributed by atoms with Crippen LogP contribution >= 0.6 is 22.7 Å². The van der Waals surface area contributed by atoms with E-state index in [1.807, 2.05) is 0 Å². The lowest BCUT2D eigenvalue weighted by molar-refractivity contribution is 0.100. The van der Waals surface area contributed by atoms with Crippen molar-refractivity contribution in [1.82, 2.24) is 10.3 Å². The predicted octanol–water partition coefficient (Wildman–Crippen LogP) is 4.06. The number of nitrogens with zero attached hydrogens (tertiary/aromatic N) is 1. The first-order valence-electron chi connectivity index (χ1n) is 8.80. The summed E-state index contributed by atoms with van der Waals surface area (Å²) < 4.78 is 0.904. The summed E-state index contributed by atoms with van der Waals surface area (Å²) >= 11 is 3.26. The number of piperidine rings is 1. The molecular weight excluding hydrogens is 364 g/mol. The molecule has 3 unspecified atom stereocenters. The zero-order valence-corrected chi connectivity index (χ0v) is 16.4. The van der Waals surface area contributed by atoms with Crippen LogP contribution in [0.1, 0.15) is 37.0 Å². The molecule has 0 spiro atoms. The molecule has 7 heteroatoms. The van der Waals surface area contributed by atoms with E-state index < -0.39 is 5.91 Å². The van der Waals surface area contributed by atoms with E-state index in [-0.39, 0.29) is 0 Å². The number of nitrogens with one attached hydrogen (secondary N) is 2. The van der Waals surface area contributed by atoms with Crippen LogP contribution in [0.2, 0.25) is 0 Å². The van der Waals surface area contributed by atoms with Crippen molar-refractivity contribution in [3.63, 3.8) is 0 Å². The smallest absolute Gasteiger partial charge is 0.251 e. The van der Waals surface area contributed by atoms with E-state index in [9.17, 15) is 4.79 Å². The van der Waals surface area contributed by atoms with Crippen molar-refractivity contribution in [3.05, 3.63) is 34.7 Å². The monoisotopic (exact) mass is 386 g/mol. The molecule has 4 rings (SSSR count). The Bertz CT molecular complexity index is 935. The number of primary amides is 1. The minimum atomic E-state index is -0.436. The normalized spacial score (nSPS) is 23.2. The molecule has 0 aromatic carbocycles. The summed E-state index contributed by atoms with van der Waals surface area (Å²) in [6, 6.07) is 5.42. The number of hydrogen-bond donors (Lipinski definition) is 3. The van der Waals surface area contributed by atoms with Gasteiger partial charge in [-0.2, -0.15) is 11.3 Å². The van der Waals surface area contributed by atoms with Crippen LogP contribution in [0.3, 0.4) is 0 Å². The Hall–Kier alpha value is -1.96. The average molecular weight is 387 g/mol. The van der Waals surface area contributed by atoms with Gasteiger partial charge in [-0.1, -0.05) is 0 Å². The number of fused-ring (bicyclic) bond motifs is 1. The number of amides is 1. The molecule has 0 saturated carbocycles. The molecule has 1 saturated heterocycles. The number of carbonyl (C=O) groups is 1. The van der Waals surface area contributed by atoms with Crippen molar-refractivity contribution in [1.29, 1.82) is 0 Å². The van der Waals surface area contributed by atoms with Gasteiger partial charge < -0.3 is 16.4 Å². The SMILES string of the molecule is CC1CCC(Nc2ncc(C(N)=O)c3sc(-c4ccsc4)cc23)C(C)N1. The summed E-state index contributed by atoms with van der Waals surface area (Å²) in [5.41, 5.74) is 7.23. The van der Waals surface area contributed by atoms with Crippen molar-refractivity contribution in [2.75, 3.05) is 5.32 Å². The van der Waals surface area contributed by atoms with Gasteiger partial charge in [-0.05, 0) is 49.6 Å². The predicted molar refractivity (Wildman–Crippen MR) is 110 cm³/mol. The van der Waals surface area contributed by atoms with Gasteiger partial charge >= 0.3 is 0 Å². The van der Waals surface area contributed by atoms with Crippen LogP contribution in [0.4, 0.5) is 5.82 Å². The highest BCUT2D eigenvalue weighted by Crippen LogP contribution is 2.39. The first-order valence-corrected chi connectivity index (χ1v) is 10.6. The fourth-order valence-electron chi connectivity index (χ4n) is 3.56. The van der Waals surface area contributed by atoms with E-state index in [4.69, 9.17) is 5.73 Å². The van der Waals surface area contributed by atoms with Crippen LogP contribution in [0, 0.1) is 0 Å². The van der Waals surface area contributed by atoms with Gasteiger partial charge in [0.1, 0.15) is 5.82 Å². The summed E-state index contributed by atoms with van der Waals surface area (Å²) in [6.07, 6.45) is 3.83. The van der Waals surface area contributed by atoms with Crippen molar-refractivity contribution in [3.8, 4) is 10.4 Å². The van der Waals surface area contributed by atoms with Crippen LogP contribution in [0.25, 0.3) is 20.5 Å². The first-order chi connectivity index (χ1) is 12.5. The van der Waals surface area contributed by atoms with Gasteiger partial charge in [-0.15, -0.1) is 11.3 Å². The maximum absolute atomic E-state index is 11.9. The number of pyridine rings is 1. The Kier molecular flexibility index (Phi) is 4.69. The molecule has 0 aliphatic carbocycles. The number of anilines is 1. The standard InChI is InChI=1S/C19H22N4OS2/c1-10-3-4-15(11(2)22-10)23-19-13-7-16(12-5-6-25-9-12)26-17(13)14(8-21-19)18(20)24/h5-11,15,22H,3-4H2,1-2H3,(H2,20,24)(H,21,23). The van der Waals surface area contributed by atoms with Gasteiger partial charge in [0.15, 0.2) is 0 Å². The fourth-order valence-corrected chi connectivity index (χ4v) is 5.46. The Balaban J connectivity index is 1.75. The van der Waals surface area contributed by atoms with Crippen molar-refractivity contribution in [2.45, 2.75) is 44.8 Å². The summed E-state index contributed by atoms with van der Waals surface area (Å²) in [4.78, 5) is 17.5. The summed E-state index contributed by atoms with van der Waals surface area (Å²) in [5.74, 6) is 0.394. The minimum absolute atomic E-state index is 0.311. The zero-order valence-electron chi connectivity index (χ0n) is 14.8. The highest BCUT2D eigenvalue weighted by atomic mass is 32.1. The van der Waals surface area contributed by atoms with Crippen LogP contribution in [0.15, 0.2) is 29.1 Å². The average Bonchev–Trinajstić information content (AvgIpc) is 3.26. The second-order valence-electron chi connectivity index (χ2n) is 6.93. The lowest BCUT2D eigenvalue weighted by Gasteiger charge is -2.35. The molecule has 3 aromatic rings. The van der Waals surface area contributed by atoms with Gasteiger partial charge in [-0.25, -0.2) is 4.98 Å². The molecular formula is C19H22N4OS2.